The lowest BCUT2D eigenvalue weighted by Gasteiger charge is -2.33. The van der Waals surface area contributed by atoms with E-state index in [0.29, 0.717) is 10.7 Å². The predicted molar refractivity (Wildman–Crippen MR) is 90.8 cm³/mol. The third-order valence-electron chi connectivity index (χ3n) is 4.39. The monoisotopic (exact) mass is 330 g/mol. The number of nitrogens with zero attached hydrogens (tertiary/aromatic N) is 1. The molecule has 3 nitrogen and oxygen atoms in total. The lowest BCUT2D eigenvalue weighted by Crippen LogP contribution is -2.38. The Labute approximate surface area is 137 Å². The first-order chi connectivity index (χ1) is 10.7. The molecule has 112 valence electrons. The van der Waals surface area contributed by atoms with Crippen molar-refractivity contribution in [2.75, 3.05) is 6.54 Å². The van der Waals surface area contributed by atoms with Crippen LogP contribution in [0.3, 0.4) is 0 Å². The summed E-state index contributed by atoms with van der Waals surface area (Å²) in [5, 5.41) is 3.52. The molecule has 0 radical (unpaired) electrons. The Morgan fingerprint density at radius 1 is 1.36 bits per heavy atom. The molecular formula is C17H15ClN2OS. The summed E-state index contributed by atoms with van der Waals surface area (Å²) < 4.78 is 0. The number of thiophene rings is 1. The van der Waals surface area contributed by atoms with Gasteiger partial charge in [-0.1, -0.05) is 29.8 Å². The van der Waals surface area contributed by atoms with Gasteiger partial charge in [-0.15, -0.1) is 11.3 Å². The van der Waals surface area contributed by atoms with Gasteiger partial charge in [0.05, 0.1) is 11.1 Å². The largest absolute Gasteiger partial charge is 0.349 e. The number of para-hydroxylation sites is 1. The average molecular weight is 331 g/mol. The van der Waals surface area contributed by atoms with Crippen molar-refractivity contribution in [1.29, 1.82) is 0 Å². The number of nitrogens with one attached hydrogen (secondary N) is 1. The van der Waals surface area contributed by atoms with Crippen molar-refractivity contribution >= 4 is 39.7 Å². The fourth-order valence-corrected chi connectivity index (χ4v) is 4.44. The lowest BCUT2D eigenvalue weighted by molar-refractivity contribution is 0.0674. The van der Waals surface area contributed by atoms with Crippen LogP contribution in [0.4, 0.5) is 0 Å². The topological polar surface area (TPSA) is 36.1 Å². The maximum atomic E-state index is 12.9. The second kappa shape index (κ2) is 5.14. The first kappa shape index (κ1) is 13.9. The zero-order chi connectivity index (χ0) is 15.3. The van der Waals surface area contributed by atoms with Crippen molar-refractivity contribution in [3.63, 3.8) is 0 Å². The molecule has 1 aromatic carbocycles. The van der Waals surface area contributed by atoms with Crippen LogP contribution < -0.4 is 0 Å². The lowest BCUT2D eigenvalue weighted by atomic mass is 10.0. The SMILES string of the molecule is C[C@@H]1c2ccsc2CCN1C(=O)c1[nH]c2ccccc2c1Cl. The van der Waals surface area contributed by atoms with E-state index >= 15 is 0 Å². The Balaban J connectivity index is 1.74. The highest BCUT2D eigenvalue weighted by atomic mass is 35.5. The van der Waals surface area contributed by atoms with Crippen LogP contribution in [0.25, 0.3) is 10.9 Å². The van der Waals surface area contributed by atoms with Gasteiger partial charge in [-0.3, -0.25) is 4.79 Å². The number of aromatic nitrogens is 1. The van der Waals surface area contributed by atoms with Crippen LogP contribution in [0.5, 0.6) is 0 Å². The van der Waals surface area contributed by atoms with Gasteiger partial charge < -0.3 is 9.88 Å². The summed E-state index contributed by atoms with van der Waals surface area (Å²) in [7, 11) is 0. The Kier molecular flexibility index (Phi) is 3.24. The zero-order valence-corrected chi connectivity index (χ0v) is 13.7. The summed E-state index contributed by atoms with van der Waals surface area (Å²) in [6, 6.07) is 9.94. The standard InChI is InChI=1S/C17H15ClN2OS/c1-10-11-7-9-22-14(11)6-8-20(10)17(21)16-15(18)12-4-2-3-5-13(12)19-16/h2-5,7,9-10,19H,6,8H2,1H3/t10-/m1/s1. The molecule has 1 aliphatic rings. The van der Waals surface area contributed by atoms with Crippen LogP contribution in [0.15, 0.2) is 35.7 Å². The number of rotatable bonds is 1. The molecule has 1 amide bonds. The number of carbonyl (C=O) groups excluding carboxylic acids is 1. The summed E-state index contributed by atoms with van der Waals surface area (Å²) in [4.78, 5) is 19.4. The summed E-state index contributed by atoms with van der Waals surface area (Å²) >= 11 is 8.20. The molecule has 0 saturated carbocycles. The molecular weight excluding hydrogens is 316 g/mol. The predicted octanol–water partition coefficient (Wildman–Crippen LogP) is 4.64. The maximum Gasteiger partial charge on any atom is 0.272 e. The van der Waals surface area contributed by atoms with Crippen molar-refractivity contribution in [2.24, 2.45) is 0 Å². The average Bonchev–Trinajstić information content (AvgIpc) is 3.13. The highest BCUT2D eigenvalue weighted by Crippen LogP contribution is 2.35. The highest BCUT2D eigenvalue weighted by Gasteiger charge is 2.31. The van der Waals surface area contributed by atoms with E-state index in [1.165, 1.54) is 10.4 Å². The van der Waals surface area contributed by atoms with Gasteiger partial charge in [0, 0.05) is 22.3 Å². The molecule has 0 aliphatic carbocycles. The molecule has 5 heteroatoms. The summed E-state index contributed by atoms with van der Waals surface area (Å²) in [5.41, 5.74) is 2.65. The number of amides is 1. The van der Waals surface area contributed by atoms with Crippen molar-refractivity contribution in [2.45, 2.75) is 19.4 Å². The van der Waals surface area contributed by atoms with Gasteiger partial charge in [0.25, 0.3) is 5.91 Å². The van der Waals surface area contributed by atoms with Crippen LogP contribution in [0.2, 0.25) is 5.02 Å². The normalized spacial score (nSPS) is 17.7. The molecule has 1 N–H and O–H groups in total. The first-order valence-corrected chi connectivity index (χ1v) is 8.56. The number of hydrogen-bond donors (Lipinski definition) is 1. The molecule has 0 saturated heterocycles. The third-order valence-corrected chi connectivity index (χ3v) is 5.78. The number of carbonyl (C=O) groups is 1. The first-order valence-electron chi connectivity index (χ1n) is 7.30. The van der Waals surface area contributed by atoms with Crippen LogP contribution in [-0.4, -0.2) is 22.3 Å². The summed E-state index contributed by atoms with van der Waals surface area (Å²) in [5.74, 6) is -0.0226. The van der Waals surface area contributed by atoms with E-state index in [-0.39, 0.29) is 11.9 Å². The molecule has 0 bridgehead atoms. The second-order valence-corrected chi connectivity index (χ2v) is 6.96. The molecule has 2 aromatic heterocycles. The van der Waals surface area contributed by atoms with Gasteiger partial charge in [-0.2, -0.15) is 0 Å². The van der Waals surface area contributed by atoms with Crippen molar-refractivity contribution in [3.05, 3.63) is 56.9 Å². The molecule has 4 rings (SSSR count). The minimum atomic E-state index is -0.0226. The zero-order valence-electron chi connectivity index (χ0n) is 12.1. The highest BCUT2D eigenvalue weighted by molar-refractivity contribution is 7.10. The van der Waals surface area contributed by atoms with Crippen LogP contribution in [0, 0.1) is 0 Å². The quantitative estimate of drug-likeness (QED) is 0.693. The second-order valence-electron chi connectivity index (χ2n) is 5.58. The number of benzene rings is 1. The molecule has 1 aliphatic heterocycles. The van der Waals surface area contributed by atoms with Gasteiger partial charge in [0.1, 0.15) is 5.69 Å². The van der Waals surface area contributed by atoms with Gasteiger partial charge in [-0.05, 0) is 36.4 Å². The summed E-state index contributed by atoms with van der Waals surface area (Å²) in [6.45, 7) is 2.82. The Morgan fingerprint density at radius 2 is 2.18 bits per heavy atom. The van der Waals surface area contributed by atoms with Gasteiger partial charge >= 0.3 is 0 Å². The van der Waals surface area contributed by atoms with E-state index in [2.05, 4.69) is 23.4 Å². The number of fused-ring (bicyclic) bond motifs is 2. The number of halogens is 1. The Bertz CT molecular complexity index is 867. The van der Waals surface area contributed by atoms with Crippen LogP contribution in [0.1, 0.15) is 33.9 Å². The molecule has 0 fully saturated rings. The molecule has 0 spiro atoms. The summed E-state index contributed by atoms with van der Waals surface area (Å²) in [6.07, 6.45) is 0.918. The van der Waals surface area contributed by atoms with E-state index in [1.807, 2.05) is 29.2 Å². The van der Waals surface area contributed by atoms with E-state index in [9.17, 15) is 4.79 Å². The number of H-pyrrole nitrogens is 1. The van der Waals surface area contributed by atoms with Crippen molar-refractivity contribution in [3.8, 4) is 0 Å². The Hall–Kier alpha value is -1.78. The molecule has 3 aromatic rings. The van der Waals surface area contributed by atoms with Crippen LogP contribution >= 0.6 is 22.9 Å². The molecule has 0 unspecified atom stereocenters. The molecule has 3 heterocycles. The maximum absolute atomic E-state index is 12.9. The van der Waals surface area contributed by atoms with Crippen LogP contribution in [-0.2, 0) is 6.42 Å². The van der Waals surface area contributed by atoms with E-state index < -0.39 is 0 Å². The van der Waals surface area contributed by atoms with Gasteiger partial charge in [0.15, 0.2) is 0 Å². The Morgan fingerprint density at radius 3 is 3.00 bits per heavy atom. The fraction of sp³-hybridized carbons (Fsp3) is 0.235. The van der Waals surface area contributed by atoms with E-state index in [0.717, 1.165) is 23.9 Å². The van der Waals surface area contributed by atoms with Crippen molar-refractivity contribution in [1.82, 2.24) is 9.88 Å². The fourth-order valence-electron chi connectivity index (χ4n) is 3.19. The number of aromatic amines is 1. The minimum Gasteiger partial charge on any atom is -0.349 e. The minimum absolute atomic E-state index is 0.0226. The van der Waals surface area contributed by atoms with E-state index in [1.54, 1.807) is 11.3 Å². The molecule has 22 heavy (non-hydrogen) atoms. The smallest absolute Gasteiger partial charge is 0.272 e. The third kappa shape index (κ3) is 1.98. The molecule has 1 atom stereocenters. The van der Waals surface area contributed by atoms with E-state index in [4.69, 9.17) is 11.6 Å². The van der Waals surface area contributed by atoms with Crippen molar-refractivity contribution < 1.29 is 4.79 Å². The number of hydrogen-bond acceptors (Lipinski definition) is 2. The van der Waals surface area contributed by atoms with Gasteiger partial charge in [-0.25, -0.2) is 0 Å². The van der Waals surface area contributed by atoms with Gasteiger partial charge in [0.2, 0.25) is 0 Å².